The van der Waals surface area contributed by atoms with E-state index in [0.717, 1.165) is 4.31 Å². The van der Waals surface area contributed by atoms with Gasteiger partial charge in [0.15, 0.2) is 17.5 Å². The lowest BCUT2D eigenvalue weighted by atomic mass is 10.2. The van der Waals surface area contributed by atoms with Crippen LogP contribution in [0, 0.1) is 17.5 Å². The SMILES string of the molecule is CC(C(=O)O)N1CCN(S(=O)(=O)c2ccc(F)c(F)c2F)CC1. The van der Waals surface area contributed by atoms with Crippen LogP contribution in [0.4, 0.5) is 13.2 Å². The second-order valence-electron chi connectivity index (χ2n) is 5.13. The smallest absolute Gasteiger partial charge is 0.320 e. The first-order chi connectivity index (χ1) is 10.7. The van der Waals surface area contributed by atoms with E-state index in [9.17, 15) is 26.4 Å². The second kappa shape index (κ2) is 6.46. The van der Waals surface area contributed by atoms with Crippen molar-refractivity contribution >= 4 is 16.0 Å². The van der Waals surface area contributed by atoms with Crippen LogP contribution in [0.1, 0.15) is 6.92 Å². The van der Waals surface area contributed by atoms with E-state index in [0.29, 0.717) is 12.1 Å². The number of carboxylic acid groups (broad SMARTS) is 1. The number of halogens is 3. The summed E-state index contributed by atoms with van der Waals surface area (Å²) in [5.41, 5.74) is 0. The van der Waals surface area contributed by atoms with Crippen LogP contribution in [0.25, 0.3) is 0 Å². The summed E-state index contributed by atoms with van der Waals surface area (Å²) in [6.07, 6.45) is 0. The monoisotopic (exact) mass is 352 g/mol. The topological polar surface area (TPSA) is 77.9 Å². The van der Waals surface area contributed by atoms with E-state index in [4.69, 9.17) is 5.11 Å². The third-order valence-electron chi connectivity index (χ3n) is 3.80. The minimum absolute atomic E-state index is 0.0710. The van der Waals surface area contributed by atoms with Crippen LogP contribution < -0.4 is 0 Å². The maximum Gasteiger partial charge on any atom is 0.320 e. The largest absolute Gasteiger partial charge is 0.480 e. The molecule has 1 aromatic carbocycles. The molecule has 1 unspecified atom stereocenters. The summed E-state index contributed by atoms with van der Waals surface area (Å²) < 4.78 is 65.5. The second-order valence-corrected chi connectivity index (χ2v) is 7.03. The predicted octanol–water partition coefficient (Wildman–Crippen LogP) is 0.883. The molecule has 0 aromatic heterocycles. The number of carboxylic acids is 1. The van der Waals surface area contributed by atoms with Crippen molar-refractivity contribution in [3.8, 4) is 0 Å². The average Bonchev–Trinajstić information content (AvgIpc) is 2.51. The first-order valence-electron chi connectivity index (χ1n) is 6.76. The van der Waals surface area contributed by atoms with Gasteiger partial charge in [0.25, 0.3) is 0 Å². The maximum absolute atomic E-state index is 13.7. The third-order valence-corrected chi connectivity index (χ3v) is 5.71. The van der Waals surface area contributed by atoms with Crippen LogP contribution in [0.3, 0.4) is 0 Å². The lowest BCUT2D eigenvalue weighted by Gasteiger charge is -2.35. The van der Waals surface area contributed by atoms with Gasteiger partial charge in [-0.2, -0.15) is 4.31 Å². The molecule has 6 nitrogen and oxygen atoms in total. The molecule has 128 valence electrons. The molecule has 23 heavy (non-hydrogen) atoms. The zero-order valence-electron chi connectivity index (χ0n) is 12.2. The molecular formula is C13H15F3N2O4S. The van der Waals surface area contributed by atoms with Crippen molar-refractivity contribution in [1.82, 2.24) is 9.21 Å². The number of benzene rings is 1. The Morgan fingerprint density at radius 3 is 2.22 bits per heavy atom. The zero-order chi connectivity index (χ0) is 17.4. The molecule has 10 heteroatoms. The van der Waals surface area contributed by atoms with Crippen molar-refractivity contribution in [1.29, 1.82) is 0 Å². The van der Waals surface area contributed by atoms with Gasteiger partial charge in [-0.15, -0.1) is 0 Å². The van der Waals surface area contributed by atoms with E-state index >= 15 is 0 Å². The van der Waals surface area contributed by atoms with E-state index in [1.54, 1.807) is 4.90 Å². The molecule has 1 aliphatic heterocycles. The Morgan fingerprint density at radius 1 is 1.13 bits per heavy atom. The molecule has 0 bridgehead atoms. The summed E-state index contributed by atoms with van der Waals surface area (Å²) >= 11 is 0. The van der Waals surface area contributed by atoms with Crippen molar-refractivity contribution in [3.05, 3.63) is 29.6 Å². The molecule has 1 aliphatic rings. The number of piperazine rings is 1. The summed E-state index contributed by atoms with van der Waals surface area (Å²) in [4.78, 5) is 11.5. The normalized spacial score (nSPS) is 18.8. The standard InChI is InChI=1S/C13H15F3N2O4S/c1-8(13(19)20)17-4-6-18(7-5-17)23(21,22)10-3-2-9(14)11(15)12(10)16/h2-3,8H,4-7H2,1H3,(H,19,20). The van der Waals surface area contributed by atoms with Gasteiger partial charge >= 0.3 is 5.97 Å². The Bertz CT molecular complexity index is 718. The van der Waals surface area contributed by atoms with E-state index in [1.165, 1.54) is 6.92 Å². The fourth-order valence-electron chi connectivity index (χ4n) is 2.33. The highest BCUT2D eigenvalue weighted by Crippen LogP contribution is 2.24. The van der Waals surface area contributed by atoms with Gasteiger partial charge in [0.1, 0.15) is 10.9 Å². The van der Waals surface area contributed by atoms with Gasteiger partial charge in [0, 0.05) is 26.2 Å². The Balaban J connectivity index is 2.20. The van der Waals surface area contributed by atoms with Crippen LogP contribution in [-0.4, -0.2) is 60.9 Å². The highest BCUT2D eigenvalue weighted by molar-refractivity contribution is 7.89. The number of rotatable bonds is 4. The third kappa shape index (κ3) is 3.33. The quantitative estimate of drug-likeness (QED) is 0.814. The molecule has 1 N–H and O–H groups in total. The van der Waals surface area contributed by atoms with Crippen molar-refractivity contribution in [2.45, 2.75) is 17.9 Å². The van der Waals surface area contributed by atoms with Gasteiger partial charge in [-0.3, -0.25) is 9.69 Å². The maximum atomic E-state index is 13.7. The number of carbonyl (C=O) groups is 1. The molecule has 1 aromatic rings. The van der Waals surface area contributed by atoms with Crippen molar-refractivity contribution in [2.75, 3.05) is 26.2 Å². The van der Waals surface area contributed by atoms with Gasteiger partial charge in [-0.1, -0.05) is 0 Å². The summed E-state index contributed by atoms with van der Waals surface area (Å²) in [7, 11) is -4.32. The van der Waals surface area contributed by atoms with Crippen LogP contribution in [0.2, 0.25) is 0 Å². The Kier molecular flexibility index (Phi) is 4.97. The average molecular weight is 352 g/mol. The molecule has 1 atom stereocenters. The number of hydrogen-bond acceptors (Lipinski definition) is 4. The van der Waals surface area contributed by atoms with Crippen molar-refractivity contribution in [3.63, 3.8) is 0 Å². The summed E-state index contributed by atoms with van der Waals surface area (Å²) in [6, 6.07) is 0.448. The van der Waals surface area contributed by atoms with Gasteiger partial charge in [-0.25, -0.2) is 21.6 Å². The lowest BCUT2D eigenvalue weighted by Crippen LogP contribution is -2.53. The molecule has 0 spiro atoms. The predicted molar refractivity (Wildman–Crippen MR) is 73.7 cm³/mol. The summed E-state index contributed by atoms with van der Waals surface area (Å²) in [5.74, 6) is -6.11. The molecule has 0 radical (unpaired) electrons. The molecule has 1 heterocycles. The van der Waals surface area contributed by atoms with Crippen LogP contribution in [0.5, 0.6) is 0 Å². The number of nitrogens with zero attached hydrogens (tertiary/aromatic N) is 2. The minimum atomic E-state index is -4.32. The van der Waals surface area contributed by atoms with Crippen LogP contribution in [-0.2, 0) is 14.8 Å². The van der Waals surface area contributed by atoms with E-state index in [-0.39, 0.29) is 26.2 Å². The van der Waals surface area contributed by atoms with Crippen LogP contribution >= 0.6 is 0 Å². The number of hydrogen-bond donors (Lipinski definition) is 1. The minimum Gasteiger partial charge on any atom is -0.480 e. The fourth-order valence-corrected chi connectivity index (χ4v) is 3.81. The molecule has 0 saturated carbocycles. The number of sulfonamides is 1. The number of aliphatic carboxylic acids is 1. The van der Waals surface area contributed by atoms with Crippen molar-refractivity contribution in [2.24, 2.45) is 0 Å². The first-order valence-corrected chi connectivity index (χ1v) is 8.20. The van der Waals surface area contributed by atoms with Gasteiger partial charge in [-0.05, 0) is 19.1 Å². The molecule has 1 saturated heterocycles. The van der Waals surface area contributed by atoms with E-state index in [2.05, 4.69) is 0 Å². The molecule has 0 aliphatic carbocycles. The summed E-state index contributed by atoms with van der Waals surface area (Å²) in [5, 5.41) is 8.93. The zero-order valence-corrected chi connectivity index (χ0v) is 13.0. The molecule has 1 fully saturated rings. The van der Waals surface area contributed by atoms with Gasteiger partial charge in [0.2, 0.25) is 10.0 Å². The Morgan fingerprint density at radius 2 is 1.70 bits per heavy atom. The van der Waals surface area contributed by atoms with Crippen LogP contribution in [0.15, 0.2) is 17.0 Å². The molecular weight excluding hydrogens is 337 g/mol. The first kappa shape index (κ1) is 17.7. The van der Waals surface area contributed by atoms with E-state index in [1.807, 2.05) is 0 Å². The molecule has 2 rings (SSSR count). The Labute approximate surface area is 131 Å². The molecule has 0 amide bonds. The highest BCUT2D eigenvalue weighted by atomic mass is 32.2. The lowest BCUT2D eigenvalue weighted by molar-refractivity contribution is -0.143. The van der Waals surface area contributed by atoms with Gasteiger partial charge < -0.3 is 5.11 Å². The van der Waals surface area contributed by atoms with Crippen molar-refractivity contribution < 1.29 is 31.5 Å². The summed E-state index contributed by atoms with van der Waals surface area (Å²) in [6.45, 7) is 1.61. The van der Waals surface area contributed by atoms with E-state index < -0.39 is 44.4 Å². The highest BCUT2D eigenvalue weighted by Gasteiger charge is 2.34. The fraction of sp³-hybridized carbons (Fsp3) is 0.462. The Hall–Kier alpha value is -1.65. The van der Waals surface area contributed by atoms with Gasteiger partial charge in [0.05, 0.1) is 0 Å².